The second kappa shape index (κ2) is 8.22. The van der Waals surface area contributed by atoms with Crippen LogP contribution in [0.2, 0.25) is 0 Å². The van der Waals surface area contributed by atoms with Crippen LogP contribution in [0.5, 0.6) is 0 Å². The van der Waals surface area contributed by atoms with Crippen molar-refractivity contribution in [2.24, 2.45) is 0 Å². The van der Waals surface area contributed by atoms with E-state index in [0.29, 0.717) is 36.1 Å². The van der Waals surface area contributed by atoms with Crippen molar-refractivity contribution in [3.8, 4) is 11.5 Å². The number of hydrogen-bond acceptors (Lipinski definition) is 7. The van der Waals surface area contributed by atoms with E-state index < -0.39 is 5.97 Å². The molecule has 3 heterocycles. The molecule has 0 amide bonds. The van der Waals surface area contributed by atoms with Gasteiger partial charge in [0.1, 0.15) is 23.9 Å². The predicted molar refractivity (Wildman–Crippen MR) is 103 cm³/mol. The summed E-state index contributed by atoms with van der Waals surface area (Å²) in [6.07, 6.45) is 1.54. The molecule has 7 nitrogen and oxygen atoms in total. The Morgan fingerprint density at radius 3 is 2.64 bits per heavy atom. The highest BCUT2D eigenvalue weighted by atomic mass is 16.5. The van der Waals surface area contributed by atoms with Gasteiger partial charge < -0.3 is 18.8 Å². The zero-order valence-corrected chi connectivity index (χ0v) is 15.6. The number of oxazole rings is 1. The molecule has 0 aliphatic carbocycles. The van der Waals surface area contributed by atoms with Gasteiger partial charge in [0.05, 0.1) is 18.8 Å². The third-order valence-corrected chi connectivity index (χ3v) is 4.57. The highest BCUT2D eigenvalue weighted by molar-refractivity contribution is 5.89. The van der Waals surface area contributed by atoms with Crippen LogP contribution in [0.4, 0.5) is 5.82 Å². The van der Waals surface area contributed by atoms with Gasteiger partial charge in [-0.25, -0.2) is 14.8 Å². The molecule has 3 aromatic rings. The van der Waals surface area contributed by atoms with E-state index in [-0.39, 0.29) is 6.61 Å². The Bertz CT molecular complexity index is 932. The molecule has 1 saturated heterocycles. The molecule has 1 aliphatic heterocycles. The number of anilines is 1. The molecule has 144 valence electrons. The van der Waals surface area contributed by atoms with Crippen molar-refractivity contribution < 1.29 is 18.7 Å². The van der Waals surface area contributed by atoms with Gasteiger partial charge in [0.2, 0.25) is 5.89 Å². The van der Waals surface area contributed by atoms with Gasteiger partial charge >= 0.3 is 5.97 Å². The Morgan fingerprint density at radius 2 is 1.93 bits per heavy atom. The lowest BCUT2D eigenvalue weighted by atomic mass is 10.2. The molecule has 1 aliphatic rings. The fourth-order valence-corrected chi connectivity index (χ4v) is 2.97. The SMILES string of the molecule is Cc1oc(-c2ccccc2)nc1COC(=O)c1ccc(N2CCOCC2)nc1. The number of morpholine rings is 1. The number of ether oxygens (including phenoxy) is 2. The van der Waals surface area contributed by atoms with Gasteiger partial charge in [-0.15, -0.1) is 0 Å². The first-order chi connectivity index (χ1) is 13.7. The van der Waals surface area contributed by atoms with E-state index in [2.05, 4.69) is 14.9 Å². The summed E-state index contributed by atoms with van der Waals surface area (Å²) < 4.78 is 16.4. The minimum atomic E-state index is -0.440. The second-order valence-corrected chi connectivity index (χ2v) is 6.47. The van der Waals surface area contributed by atoms with Crippen LogP contribution in [0.15, 0.2) is 53.1 Å². The highest BCUT2D eigenvalue weighted by Gasteiger charge is 2.16. The highest BCUT2D eigenvalue weighted by Crippen LogP contribution is 2.22. The van der Waals surface area contributed by atoms with Gasteiger partial charge in [0, 0.05) is 24.8 Å². The number of hydrogen-bond donors (Lipinski definition) is 0. The van der Waals surface area contributed by atoms with E-state index in [1.165, 1.54) is 6.20 Å². The van der Waals surface area contributed by atoms with Gasteiger partial charge in [-0.1, -0.05) is 18.2 Å². The fourth-order valence-electron chi connectivity index (χ4n) is 2.97. The summed E-state index contributed by atoms with van der Waals surface area (Å²) in [5, 5.41) is 0. The number of aromatic nitrogens is 2. The van der Waals surface area contributed by atoms with Crippen LogP contribution in [0.1, 0.15) is 21.8 Å². The minimum Gasteiger partial charge on any atom is -0.455 e. The summed E-state index contributed by atoms with van der Waals surface area (Å²) >= 11 is 0. The van der Waals surface area contributed by atoms with Crippen LogP contribution in [0.25, 0.3) is 11.5 Å². The number of esters is 1. The Hall–Kier alpha value is -3.19. The van der Waals surface area contributed by atoms with Crippen molar-refractivity contribution >= 4 is 11.8 Å². The molecular weight excluding hydrogens is 358 g/mol. The normalized spacial score (nSPS) is 14.1. The molecule has 0 radical (unpaired) electrons. The lowest BCUT2D eigenvalue weighted by Crippen LogP contribution is -2.36. The van der Waals surface area contributed by atoms with E-state index in [0.717, 1.165) is 24.5 Å². The average Bonchev–Trinajstić information content (AvgIpc) is 3.14. The van der Waals surface area contributed by atoms with Crippen molar-refractivity contribution in [2.45, 2.75) is 13.5 Å². The van der Waals surface area contributed by atoms with Crippen molar-refractivity contribution in [3.05, 3.63) is 65.7 Å². The first-order valence-electron chi connectivity index (χ1n) is 9.18. The lowest BCUT2D eigenvalue weighted by Gasteiger charge is -2.27. The molecule has 0 N–H and O–H groups in total. The Balaban J connectivity index is 1.38. The standard InChI is InChI=1S/C21H21N3O4/c1-15-18(23-20(28-15)16-5-3-2-4-6-16)14-27-21(25)17-7-8-19(22-13-17)24-9-11-26-12-10-24/h2-8,13H,9-12,14H2,1H3. The number of carbonyl (C=O) groups is 1. The average molecular weight is 379 g/mol. The number of pyridine rings is 1. The lowest BCUT2D eigenvalue weighted by molar-refractivity contribution is 0.0466. The molecule has 7 heteroatoms. The molecule has 28 heavy (non-hydrogen) atoms. The largest absolute Gasteiger partial charge is 0.455 e. The predicted octanol–water partition coefficient (Wildman–Crippen LogP) is 3.24. The van der Waals surface area contributed by atoms with Crippen LogP contribution < -0.4 is 4.90 Å². The summed E-state index contributed by atoms with van der Waals surface area (Å²) in [4.78, 5) is 23.3. The van der Waals surface area contributed by atoms with Crippen LogP contribution in [-0.4, -0.2) is 42.2 Å². The van der Waals surface area contributed by atoms with Crippen molar-refractivity contribution in [3.63, 3.8) is 0 Å². The number of carbonyl (C=O) groups excluding carboxylic acids is 1. The quantitative estimate of drug-likeness (QED) is 0.630. The van der Waals surface area contributed by atoms with E-state index in [9.17, 15) is 4.79 Å². The molecular formula is C21H21N3O4. The third-order valence-electron chi connectivity index (χ3n) is 4.57. The van der Waals surface area contributed by atoms with Crippen molar-refractivity contribution in [1.29, 1.82) is 0 Å². The molecule has 4 rings (SSSR count). The van der Waals surface area contributed by atoms with E-state index >= 15 is 0 Å². The molecule has 0 spiro atoms. The first kappa shape index (κ1) is 18.2. The van der Waals surface area contributed by atoms with Gasteiger partial charge in [-0.2, -0.15) is 0 Å². The molecule has 2 aromatic heterocycles. The second-order valence-electron chi connectivity index (χ2n) is 6.47. The Labute approximate surface area is 162 Å². The smallest absolute Gasteiger partial charge is 0.340 e. The zero-order valence-electron chi connectivity index (χ0n) is 15.6. The topological polar surface area (TPSA) is 77.7 Å². The zero-order chi connectivity index (χ0) is 19.3. The van der Waals surface area contributed by atoms with Gasteiger partial charge in [0.25, 0.3) is 0 Å². The van der Waals surface area contributed by atoms with Crippen molar-refractivity contribution in [2.75, 3.05) is 31.2 Å². The maximum atomic E-state index is 12.3. The number of nitrogens with zero attached hydrogens (tertiary/aromatic N) is 3. The maximum Gasteiger partial charge on any atom is 0.340 e. The summed E-state index contributed by atoms with van der Waals surface area (Å²) in [6, 6.07) is 13.2. The molecule has 0 atom stereocenters. The van der Waals surface area contributed by atoms with Gasteiger partial charge in [-0.3, -0.25) is 0 Å². The summed E-state index contributed by atoms with van der Waals surface area (Å²) in [7, 11) is 0. The monoisotopic (exact) mass is 379 g/mol. The molecule has 1 fully saturated rings. The summed E-state index contributed by atoms with van der Waals surface area (Å²) in [5.74, 6) is 1.54. The number of rotatable bonds is 5. The number of aryl methyl sites for hydroxylation is 1. The molecule has 1 aromatic carbocycles. The van der Waals surface area contributed by atoms with Crippen LogP contribution in [0.3, 0.4) is 0 Å². The Kier molecular flexibility index (Phi) is 5.34. The fraction of sp³-hybridized carbons (Fsp3) is 0.286. The van der Waals surface area contributed by atoms with E-state index in [4.69, 9.17) is 13.9 Å². The Morgan fingerprint density at radius 1 is 1.14 bits per heavy atom. The van der Waals surface area contributed by atoms with E-state index in [1.807, 2.05) is 36.4 Å². The van der Waals surface area contributed by atoms with E-state index in [1.54, 1.807) is 13.0 Å². The number of benzene rings is 1. The van der Waals surface area contributed by atoms with Crippen LogP contribution in [0, 0.1) is 6.92 Å². The van der Waals surface area contributed by atoms with Gasteiger partial charge in [-0.05, 0) is 31.2 Å². The maximum absolute atomic E-state index is 12.3. The van der Waals surface area contributed by atoms with Gasteiger partial charge in [0.15, 0.2) is 0 Å². The molecule has 0 unspecified atom stereocenters. The molecule has 0 saturated carbocycles. The minimum absolute atomic E-state index is 0.0478. The molecule has 0 bridgehead atoms. The first-order valence-corrected chi connectivity index (χ1v) is 9.18. The summed E-state index contributed by atoms with van der Waals surface area (Å²) in [6.45, 7) is 4.83. The third kappa shape index (κ3) is 4.04. The van der Waals surface area contributed by atoms with Crippen molar-refractivity contribution in [1.82, 2.24) is 9.97 Å². The summed E-state index contributed by atoms with van der Waals surface area (Å²) in [5.41, 5.74) is 1.89. The van der Waals surface area contributed by atoms with Crippen LogP contribution in [-0.2, 0) is 16.1 Å². The van der Waals surface area contributed by atoms with Crippen LogP contribution >= 0.6 is 0 Å².